The van der Waals surface area contributed by atoms with Crippen molar-refractivity contribution in [3.63, 3.8) is 0 Å². The number of aliphatic carboxylic acids is 1. The SMILES string of the molecule is CC(=N)SC[C@H](C(=O)O)c1ccc(CCSC(=N)N)cc1. The van der Waals surface area contributed by atoms with Crippen LogP contribution in [0.25, 0.3) is 0 Å². The Morgan fingerprint density at radius 2 is 1.90 bits per heavy atom. The molecule has 0 saturated heterocycles. The van der Waals surface area contributed by atoms with Crippen molar-refractivity contribution in [1.29, 1.82) is 10.8 Å². The molecule has 114 valence electrons. The first-order valence-electron chi connectivity index (χ1n) is 6.36. The summed E-state index contributed by atoms with van der Waals surface area (Å²) in [7, 11) is 0. The molecule has 0 radical (unpaired) electrons. The van der Waals surface area contributed by atoms with Crippen molar-refractivity contribution in [3.05, 3.63) is 35.4 Å². The molecule has 0 bridgehead atoms. The molecule has 5 N–H and O–H groups in total. The molecule has 0 spiro atoms. The molecule has 0 unspecified atom stereocenters. The molecule has 0 heterocycles. The number of carbonyl (C=O) groups is 1. The Morgan fingerprint density at radius 3 is 2.38 bits per heavy atom. The summed E-state index contributed by atoms with van der Waals surface area (Å²) in [6.07, 6.45) is 0.788. The highest BCUT2D eigenvalue weighted by atomic mass is 32.2. The summed E-state index contributed by atoms with van der Waals surface area (Å²) in [6.45, 7) is 1.65. The fourth-order valence-electron chi connectivity index (χ4n) is 1.71. The maximum absolute atomic E-state index is 11.3. The monoisotopic (exact) mass is 325 g/mol. The van der Waals surface area contributed by atoms with Gasteiger partial charge in [-0.2, -0.15) is 0 Å². The van der Waals surface area contributed by atoms with E-state index in [1.165, 1.54) is 23.5 Å². The van der Waals surface area contributed by atoms with Crippen molar-refractivity contribution in [2.45, 2.75) is 19.3 Å². The van der Waals surface area contributed by atoms with Crippen molar-refractivity contribution >= 4 is 39.7 Å². The van der Waals surface area contributed by atoms with Crippen LogP contribution in [0.1, 0.15) is 24.0 Å². The van der Waals surface area contributed by atoms with E-state index in [1.807, 2.05) is 24.3 Å². The summed E-state index contributed by atoms with van der Waals surface area (Å²) in [4.78, 5) is 11.3. The molecule has 21 heavy (non-hydrogen) atoms. The van der Waals surface area contributed by atoms with E-state index in [0.29, 0.717) is 10.8 Å². The lowest BCUT2D eigenvalue weighted by molar-refractivity contribution is -0.138. The van der Waals surface area contributed by atoms with Crippen LogP contribution in [0, 0.1) is 10.8 Å². The minimum Gasteiger partial charge on any atom is -0.481 e. The van der Waals surface area contributed by atoms with Gasteiger partial charge in [-0.15, -0.1) is 11.8 Å². The van der Waals surface area contributed by atoms with Gasteiger partial charge >= 0.3 is 5.97 Å². The smallest absolute Gasteiger partial charge is 0.311 e. The van der Waals surface area contributed by atoms with E-state index in [0.717, 1.165) is 23.3 Å². The fraction of sp³-hybridized carbons (Fsp3) is 0.357. The number of amidine groups is 1. The molecule has 0 amide bonds. The zero-order valence-electron chi connectivity index (χ0n) is 11.8. The second kappa shape index (κ2) is 8.74. The summed E-state index contributed by atoms with van der Waals surface area (Å²) in [5, 5.41) is 24.3. The molecule has 0 aliphatic carbocycles. The fourth-order valence-corrected chi connectivity index (χ4v) is 3.02. The van der Waals surface area contributed by atoms with Gasteiger partial charge in [0.1, 0.15) is 0 Å². The number of carboxylic acid groups (broad SMARTS) is 1. The van der Waals surface area contributed by atoms with E-state index in [1.54, 1.807) is 6.92 Å². The van der Waals surface area contributed by atoms with Crippen molar-refractivity contribution in [1.82, 2.24) is 0 Å². The molecule has 0 aliphatic rings. The van der Waals surface area contributed by atoms with Crippen molar-refractivity contribution in [2.24, 2.45) is 5.73 Å². The lowest BCUT2D eigenvalue weighted by Crippen LogP contribution is -2.15. The van der Waals surface area contributed by atoms with Crippen LogP contribution in [0.4, 0.5) is 0 Å². The summed E-state index contributed by atoms with van der Waals surface area (Å²) >= 11 is 2.54. The summed E-state index contributed by atoms with van der Waals surface area (Å²) < 4.78 is 0. The van der Waals surface area contributed by atoms with E-state index in [2.05, 4.69) is 0 Å². The van der Waals surface area contributed by atoms with Gasteiger partial charge in [0, 0.05) is 11.5 Å². The summed E-state index contributed by atoms with van der Waals surface area (Å²) in [6, 6.07) is 7.47. The van der Waals surface area contributed by atoms with Crippen LogP contribution >= 0.6 is 23.5 Å². The first-order chi connectivity index (χ1) is 9.90. The molecule has 0 fully saturated rings. The topological polar surface area (TPSA) is 111 Å². The van der Waals surface area contributed by atoms with Crippen LogP contribution in [-0.2, 0) is 11.2 Å². The number of rotatable bonds is 7. The molecule has 1 aromatic rings. The maximum Gasteiger partial charge on any atom is 0.311 e. The number of hydrogen-bond donors (Lipinski definition) is 4. The van der Waals surface area contributed by atoms with Gasteiger partial charge in [-0.25, -0.2) is 0 Å². The third kappa shape index (κ3) is 6.68. The average Bonchev–Trinajstić information content (AvgIpc) is 2.39. The average molecular weight is 325 g/mol. The van der Waals surface area contributed by atoms with Gasteiger partial charge in [0.15, 0.2) is 5.17 Å². The van der Waals surface area contributed by atoms with E-state index in [9.17, 15) is 9.90 Å². The molecule has 5 nitrogen and oxygen atoms in total. The Labute approximate surface area is 132 Å². The normalized spacial score (nSPS) is 11.9. The number of nitrogens with one attached hydrogen (secondary N) is 2. The van der Waals surface area contributed by atoms with Crippen LogP contribution in [0.2, 0.25) is 0 Å². The quantitative estimate of drug-likeness (QED) is 0.455. The number of thioether (sulfide) groups is 2. The first kappa shape index (κ1) is 17.6. The lowest BCUT2D eigenvalue weighted by atomic mass is 9.99. The molecule has 0 aliphatic heterocycles. The van der Waals surface area contributed by atoms with Crippen LogP contribution in [0.15, 0.2) is 24.3 Å². The number of nitrogens with two attached hydrogens (primary N) is 1. The molecular weight excluding hydrogens is 306 g/mol. The lowest BCUT2D eigenvalue weighted by Gasteiger charge is -2.12. The highest BCUT2D eigenvalue weighted by Crippen LogP contribution is 2.22. The molecule has 7 heteroatoms. The zero-order chi connectivity index (χ0) is 15.8. The van der Waals surface area contributed by atoms with Gasteiger partial charge in [-0.1, -0.05) is 36.0 Å². The minimum atomic E-state index is -0.872. The number of aryl methyl sites for hydroxylation is 1. The number of carboxylic acids is 1. The van der Waals surface area contributed by atoms with Crippen LogP contribution in [-0.4, -0.2) is 32.8 Å². The van der Waals surface area contributed by atoms with Crippen LogP contribution < -0.4 is 5.73 Å². The van der Waals surface area contributed by atoms with Gasteiger partial charge in [-0.05, 0) is 24.5 Å². The van der Waals surface area contributed by atoms with Crippen molar-refractivity contribution in [3.8, 4) is 0 Å². The molecule has 0 aromatic heterocycles. The molecular formula is C14H19N3O2S2. The Balaban J connectivity index is 2.66. The Kier molecular flexibility index (Phi) is 7.31. The van der Waals surface area contributed by atoms with Crippen molar-refractivity contribution < 1.29 is 9.90 Å². The van der Waals surface area contributed by atoms with Gasteiger partial charge in [0.2, 0.25) is 0 Å². The first-order valence-corrected chi connectivity index (χ1v) is 8.33. The van der Waals surface area contributed by atoms with E-state index < -0.39 is 11.9 Å². The third-order valence-electron chi connectivity index (χ3n) is 2.79. The van der Waals surface area contributed by atoms with E-state index in [-0.39, 0.29) is 5.17 Å². The highest BCUT2D eigenvalue weighted by molar-refractivity contribution is 8.14. The largest absolute Gasteiger partial charge is 0.481 e. The Hall–Kier alpha value is -1.47. The summed E-state index contributed by atoms with van der Waals surface area (Å²) in [5.74, 6) is -0.371. The van der Waals surface area contributed by atoms with Gasteiger partial charge < -0.3 is 10.8 Å². The Bertz CT molecular complexity index is 517. The molecule has 0 saturated carbocycles. The molecule has 1 aromatic carbocycles. The standard InChI is InChI=1S/C14H19N3O2S2/c1-9(15)21-8-12(13(18)19)11-4-2-10(3-5-11)6-7-20-14(16)17/h2-5,12,15H,6-8H2,1H3,(H3,16,17)(H,18,19)/t12-/m0/s1. The van der Waals surface area contributed by atoms with E-state index in [4.69, 9.17) is 16.6 Å². The summed E-state index contributed by atoms with van der Waals surface area (Å²) in [5.41, 5.74) is 7.11. The van der Waals surface area contributed by atoms with Crippen LogP contribution in [0.5, 0.6) is 0 Å². The van der Waals surface area contributed by atoms with Crippen molar-refractivity contribution in [2.75, 3.05) is 11.5 Å². The van der Waals surface area contributed by atoms with Gasteiger partial charge in [0.05, 0.1) is 11.0 Å². The third-order valence-corrected chi connectivity index (χ3v) is 4.45. The predicted molar refractivity (Wildman–Crippen MR) is 90.8 cm³/mol. The van der Waals surface area contributed by atoms with Gasteiger partial charge in [0.25, 0.3) is 0 Å². The molecule has 1 rings (SSSR count). The minimum absolute atomic E-state index is 0.108. The number of hydrogen-bond acceptors (Lipinski definition) is 5. The second-order valence-corrected chi connectivity index (χ2v) is 6.83. The second-order valence-electron chi connectivity index (χ2n) is 4.46. The van der Waals surface area contributed by atoms with Gasteiger partial charge in [-0.3, -0.25) is 15.6 Å². The highest BCUT2D eigenvalue weighted by Gasteiger charge is 2.20. The van der Waals surface area contributed by atoms with E-state index >= 15 is 0 Å². The zero-order valence-corrected chi connectivity index (χ0v) is 13.4. The predicted octanol–water partition coefficient (Wildman–Crippen LogP) is 2.75. The maximum atomic E-state index is 11.3. The Morgan fingerprint density at radius 1 is 1.29 bits per heavy atom. The molecule has 1 atom stereocenters. The number of benzene rings is 1. The van der Waals surface area contributed by atoms with Crippen LogP contribution in [0.3, 0.4) is 0 Å².